The van der Waals surface area contributed by atoms with Crippen LogP contribution in [0.4, 0.5) is 0 Å². The summed E-state index contributed by atoms with van der Waals surface area (Å²) in [6.07, 6.45) is 2.45. The number of carbonyl (C=O) groups excluding carboxylic acids is 1. The predicted octanol–water partition coefficient (Wildman–Crippen LogP) is 0.149. The van der Waals surface area contributed by atoms with Crippen molar-refractivity contribution in [1.29, 1.82) is 0 Å². The molecule has 0 spiro atoms. The number of amides is 1. The van der Waals surface area contributed by atoms with Gasteiger partial charge >= 0.3 is 0 Å². The van der Waals surface area contributed by atoms with Gasteiger partial charge in [0.05, 0.1) is 6.54 Å². The van der Waals surface area contributed by atoms with Crippen molar-refractivity contribution < 1.29 is 4.79 Å². The first-order valence-electron chi connectivity index (χ1n) is 5.79. The highest BCUT2D eigenvalue weighted by molar-refractivity contribution is 5.77. The molecule has 1 unspecified atom stereocenters. The van der Waals surface area contributed by atoms with Crippen LogP contribution in [-0.4, -0.2) is 62.0 Å². The predicted molar refractivity (Wildman–Crippen MR) is 61.8 cm³/mol. The van der Waals surface area contributed by atoms with Crippen molar-refractivity contribution in [2.75, 3.05) is 40.3 Å². The minimum atomic E-state index is 0.150. The van der Waals surface area contributed by atoms with Crippen molar-refractivity contribution in [3.8, 4) is 0 Å². The zero-order valence-corrected chi connectivity index (χ0v) is 10.1. The molecule has 0 aromatic rings. The molecule has 1 saturated heterocycles. The third-order valence-corrected chi connectivity index (χ3v) is 2.95. The number of nitrogens with one attached hydrogen (secondary N) is 1. The molecule has 1 aliphatic heterocycles. The van der Waals surface area contributed by atoms with E-state index in [0.29, 0.717) is 12.6 Å². The average molecular weight is 213 g/mol. The van der Waals surface area contributed by atoms with Gasteiger partial charge in [-0.3, -0.25) is 9.69 Å². The summed E-state index contributed by atoms with van der Waals surface area (Å²) in [5, 5.41) is 2.84. The summed E-state index contributed by atoms with van der Waals surface area (Å²) in [5.41, 5.74) is 0. The number of hydrogen-bond donors (Lipinski definition) is 1. The first-order valence-corrected chi connectivity index (χ1v) is 5.79. The molecule has 0 aromatic carbocycles. The van der Waals surface area contributed by atoms with Crippen molar-refractivity contribution >= 4 is 5.91 Å². The second-order valence-electron chi connectivity index (χ2n) is 4.45. The lowest BCUT2D eigenvalue weighted by atomic mass is 10.1. The van der Waals surface area contributed by atoms with Gasteiger partial charge in [0.2, 0.25) is 5.91 Å². The van der Waals surface area contributed by atoms with Crippen LogP contribution in [0.2, 0.25) is 0 Å². The number of likely N-dealkylation sites (tertiary alicyclic amines) is 1. The standard InChI is InChI=1S/C11H23N3O/c1-4-12-11(15)9-14-7-5-6-10(8-14)13(2)3/h10H,4-9H2,1-3H3,(H,12,15). The SMILES string of the molecule is CCNC(=O)CN1CCCC(N(C)C)C1. The van der Waals surface area contributed by atoms with Gasteiger partial charge in [0, 0.05) is 19.1 Å². The van der Waals surface area contributed by atoms with Crippen LogP contribution in [0.3, 0.4) is 0 Å². The molecule has 0 aromatic heterocycles. The van der Waals surface area contributed by atoms with Gasteiger partial charge in [-0.25, -0.2) is 0 Å². The van der Waals surface area contributed by atoms with Crippen LogP contribution in [-0.2, 0) is 4.79 Å². The highest BCUT2D eigenvalue weighted by Crippen LogP contribution is 2.12. The molecule has 0 aliphatic carbocycles. The molecule has 1 atom stereocenters. The normalized spacial score (nSPS) is 23.1. The van der Waals surface area contributed by atoms with Gasteiger partial charge < -0.3 is 10.2 Å². The fourth-order valence-electron chi connectivity index (χ4n) is 2.05. The zero-order chi connectivity index (χ0) is 11.3. The topological polar surface area (TPSA) is 35.6 Å². The van der Waals surface area contributed by atoms with Gasteiger partial charge in [-0.15, -0.1) is 0 Å². The van der Waals surface area contributed by atoms with Crippen LogP contribution in [0.25, 0.3) is 0 Å². The van der Waals surface area contributed by atoms with E-state index in [1.54, 1.807) is 0 Å². The quantitative estimate of drug-likeness (QED) is 0.722. The number of nitrogens with zero attached hydrogens (tertiary/aromatic N) is 2. The van der Waals surface area contributed by atoms with Gasteiger partial charge in [0.1, 0.15) is 0 Å². The molecule has 0 bridgehead atoms. The Morgan fingerprint density at radius 3 is 2.87 bits per heavy atom. The largest absolute Gasteiger partial charge is 0.355 e. The molecular weight excluding hydrogens is 190 g/mol. The van der Waals surface area contributed by atoms with Crippen LogP contribution in [0, 0.1) is 0 Å². The number of carbonyl (C=O) groups is 1. The summed E-state index contributed by atoms with van der Waals surface area (Å²) in [7, 11) is 4.22. The molecule has 1 aliphatic rings. The maximum atomic E-state index is 11.4. The van der Waals surface area contributed by atoms with Gasteiger partial charge in [-0.2, -0.15) is 0 Å². The monoisotopic (exact) mass is 213 g/mol. The first kappa shape index (κ1) is 12.5. The van der Waals surface area contributed by atoms with Gasteiger partial charge in [-0.05, 0) is 40.4 Å². The number of rotatable bonds is 4. The Bertz CT molecular complexity index is 206. The maximum Gasteiger partial charge on any atom is 0.234 e. The lowest BCUT2D eigenvalue weighted by molar-refractivity contribution is -0.122. The molecule has 88 valence electrons. The summed E-state index contributed by atoms with van der Waals surface area (Å²) < 4.78 is 0. The summed E-state index contributed by atoms with van der Waals surface area (Å²) in [6.45, 7) is 5.31. The van der Waals surface area contributed by atoms with Crippen molar-refractivity contribution in [2.45, 2.75) is 25.8 Å². The van der Waals surface area contributed by atoms with Crippen LogP contribution in [0.5, 0.6) is 0 Å². The van der Waals surface area contributed by atoms with E-state index in [-0.39, 0.29) is 5.91 Å². The third kappa shape index (κ3) is 4.18. The van der Waals surface area contributed by atoms with Crippen molar-refractivity contribution in [3.05, 3.63) is 0 Å². The lowest BCUT2D eigenvalue weighted by Gasteiger charge is -2.35. The van der Waals surface area contributed by atoms with Gasteiger partial charge in [0.15, 0.2) is 0 Å². The molecular formula is C11H23N3O. The summed E-state index contributed by atoms with van der Waals surface area (Å²) >= 11 is 0. The minimum absolute atomic E-state index is 0.150. The number of piperidine rings is 1. The highest BCUT2D eigenvalue weighted by atomic mass is 16.2. The molecule has 1 rings (SSSR count). The van der Waals surface area contributed by atoms with E-state index in [0.717, 1.165) is 19.6 Å². The van der Waals surface area contributed by atoms with E-state index in [1.165, 1.54) is 12.8 Å². The Balaban J connectivity index is 2.33. The van der Waals surface area contributed by atoms with Crippen LogP contribution in [0.15, 0.2) is 0 Å². The number of hydrogen-bond acceptors (Lipinski definition) is 3. The molecule has 15 heavy (non-hydrogen) atoms. The highest BCUT2D eigenvalue weighted by Gasteiger charge is 2.22. The van der Waals surface area contributed by atoms with Crippen molar-refractivity contribution in [1.82, 2.24) is 15.1 Å². The molecule has 1 N–H and O–H groups in total. The van der Waals surface area contributed by atoms with E-state index in [4.69, 9.17) is 0 Å². The second kappa shape index (κ2) is 6.08. The van der Waals surface area contributed by atoms with Gasteiger partial charge in [-0.1, -0.05) is 0 Å². The average Bonchev–Trinajstić information content (AvgIpc) is 2.18. The number of likely N-dealkylation sites (N-methyl/N-ethyl adjacent to an activating group) is 2. The van der Waals surface area contributed by atoms with E-state index in [1.807, 2.05) is 6.92 Å². The zero-order valence-electron chi connectivity index (χ0n) is 10.1. The molecule has 1 amide bonds. The first-order chi connectivity index (χ1) is 7.13. The van der Waals surface area contributed by atoms with E-state index < -0.39 is 0 Å². The lowest BCUT2D eigenvalue weighted by Crippen LogP contribution is -2.48. The second-order valence-corrected chi connectivity index (χ2v) is 4.45. The molecule has 1 fully saturated rings. The Morgan fingerprint density at radius 2 is 2.27 bits per heavy atom. The summed E-state index contributed by atoms with van der Waals surface area (Å²) in [5.74, 6) is 0.150. The molecule has 4 heteroatoms. The Morgan fingerprint density at radius 1 is 1.53 bits per heavy atom. The van der Waals surface area contributed by atoms with Crippen LogP contribution < -0.4 is 5.32 Å². The van der Waals surface area contributed by atoms with Crippen molar-refractivity contribution in [3.63, 3.8) is 0 Å². The van der Waals surface area contributed by atoms with Crippen LogP contribution in [0.1, 0.15) is 19.8 Å². The molecule has 4 nitrogen and oxygen atoms in total. The molecule has 0 saturated carbocycles. The fourth-order valence-corrected chi connectivity index (χ4v) is 2.05. The Labute approximate surface area is 92.6 Å². The third-order valence-electron chi connectivity index (χ3n) is 2.95. The van der Waals surface area contributed by atoms with Crippen LogP contribution >= 0.6 is 0 Å². The van der Waals surface area contributed by atoms with E-state index in [2.05, 4.69) is 29.2 Å². The van der Waals surface area contributed by atoms with E-state index in [9.17, 15) is 4.79 Å². The summed E-state index contributed by atoms with van der Waals surface area (Å²) in [4.78, 5) is 15.9. The Kier molecular flexibility index (Phi) is 5.05. The minimum Gasteiger partial charge on any atom is -0.355 e. The molecule has 0 radical (unpaired) electrons. The fraction of sp³-hybridized carbons (Fsp3) is 0.909. The van der Waals surface area contributed by atoms with E-state index >= 15 is 0 Å². The molecule has 1 heterocycles. The van der Waals surface area contributed by atoms with Crippen molar-refractivity contribution in [2.24, 2.45) is 0 Å². The summed E-state index contributed by atoms with van der Waals surface area (Å²) in [6, 6.07) is 0.605. The Hall–Kier alpha value is -0.610. The smallest absolute Gasteiger partial charge is 0.234 e. The maximum absolute atomic E-state index is 11.4. The van der Waals surface area contributed by atoms with Gasteiger partial charge in [0.25, 0.3) is 0 Å².